The minimum absolute atomic E-state index is 0.300. The molecule has 4 heteroatoms. The van der Waals surface area contributed by atoms with Crippen molar-refractivity contribution in [2.24, 2.45) is 0 Å². The van der Waals surface area contributed by atoms with E-state index < -0.39 is 0 Å². The molecule has 2 amide bonds. The first-order valence-electron chi connectivity index (χ1n) is 5.93. The maximum atomic E-state index is 12.3. The third-order valence-corrected chi connectivity index (χ3v) is 3.14. The molecule has 2 N–H and O–H groups in total. The van der Waals surface area contributed by atoms with Crippen LogP contribution in [0.2, 0.25) is 0 Å². The Morgan fingerprint density at radius 3 is 2.05 bits per heavy atom. The maximum absolute atomic E-state index is 12.3. The van der Waals surface area contributed by atoms with Crippen molar-refractivity contribution >= 4 is 23.2 Å². The van der Waals surface area contributed by atoms with Crippen molar-refractivity contribution in [3.8, 4) is 0 Å². The van der Waals surface area contributed by atoms with E-state index in [9.17, 15) is 9.59 Å². The second-order valence-corrected chi connectivity index (χ2v) is 4.59. The largest absolute Gasteiger partial charge is 0.399 e. The minimum atomic E-state index is -0.300. The zero-order valence-corrected chi connectivity index (χ0v) is 10.4. The Morgan fingerprint density at radius 2 is 1.53 bits per heavy atom. The molecule has 0 aliphatic carbocycles. The fourth-order valence-electron chi connectivity index (χ4n) is 2.34. The Morgan fingerprint density at radius 1 is 0.947 bits per heavy atom. The van der Waals surface area contributed by atoms with Crippen molar-refractivity contribution in [1.82, 2.24) is 0 Å². The van der Waals surface area contributed by atoms with Crippen LogP contribution in [-0.4, -0.2) is 11.8 Å². The lowest BCUT2D eigenvalue weighted by molar-refractivity contribution is 0.0926. The highest BCUT2D eigenvalue weighted by Gasteiger charge is 2.36. The number of amides is 2. The van der Waals surface area contributed by atoms with Gasteiger partial charge in [-0.05, 0) is 42.8 Å². The van der Waals surface area contributed by atoms with E-state index in [2.05, 4.69) is 0 Å². The second-order valence-electron chi connectivity index (χ2n) is 4.59. The summed E-state index contributed by atoms with van der Waals surface area (Å²) in [4.78, 5) is 25.8. The van der Waals surface area contributed by atoms with Crippen LogP contribution in [0.25, 0.3) is 0 Å². The molecule has 0 unspecified atom stereocenters. The summed E-state index contributed by atoms with van der Waals surface area (Å²) in [6, 6.07) is 12.0. The van der Waals surface area contributed by atoms with Crippen LogP contribution in [0.3, 0.4) is 0 Å². The zero-order chi connectivity index (χ0) is 13.6. The number of carbonyl (C=O) groups is 2. The van der Waals surface area contributed by atoms with Crippen molar-refractivity contribution in [2.75, 3.05) is 10.6 Å². The summed E-state index contributed by atoms with van der Waals surface area (Å²) in [5.74, 6) is -0.601. The molecular formula is C15H12N2O2. The second kappa shape index (κ2) is 3.95. The lowest BCUT2D eigenvalue weighted by Gasteiger charge is -2.15. The molecule has 0 fully saturated rings. The molecule has 0 saturated carbocycles. The standard InChI is InChI=1S/C15H12N2O2/c1-9-6-10(16)8-11(7-9)17-14(18)12-4-2-3-5-13(12)15(17)19/h2-8H,16H2,1H3. The molecule has 3 rings (SSSR count). The van der Waals surface area contributed by atoms with Crippen LogP contribution in [0.1, 0.15) is 26.3 Å². The number of anilines is 2. The Bertz CT molecular complexity index is 652. The molecule has 19 heavy (non-hydrogen) atoms. The average Bonchev–Trinajstić information content (AvgIpc) is 2.61. The molecule has 0 spiro atoms. The predicted octanol–water partition coefficient (Wildman–Crippen LogP) is 2.38. The van der Waals surface area contributed by atoms with Crippen LogP contribution in [0.15, 0.2) is 42.5 Å². The van der Waals surface area contributed by atoms with E-state index in [1.54, 1.807) is 42.5 Å². The Balaban J connectivity index is 2.14. The molecule has 4 nitrogen and oxygen atoms in total. The number of nitrogens with two attached hydrogens (primary N) is 1. The number of imide groups is 1. The van der Waals surface area contributed by atoms with E-state index in [0.29, 0.717) is 22.5 Å². The Hall–Kier alpha value is -2.62. The molecule has 1 aliphatic rings. The summed E-state index contributed by atoms with van der Waals surface area (Å²) in [7, 11) is 0. The topological polar surface area (TPSA) is 63.4 Å². The highest BCUT2D eigenvalue weighted by molar-refractivity contribution is 6.34. The summed E-state index contributed by atoms with van der Waals surface area (Å²) in [6.45, 7) is 1.87. The molecule has 0 bridgehead atoms. The molecule has 0 radical (unpaired) electrons. The summed E-state index contributed by atoms with van der Waals surface area (Å²) in [5, 5.41) is 0. The summed E-state index contributed by atoms with van der Waals surface area (Å²) in [6.07, 6.45) is 0. The predicted molar refractivity (Wildman–Crippen MR) is 73.2 cm³/mol. The lowest BCUT2D eigenvalue weighted by Crippen LogP contribution is -2.29. The first-order chi connectivity index (χ1) is 9.08. The van der Waals surface area contributed by atoms with Gasteiger partial charge in [0.15, 0.2) is 0 Å². The van der Waals surface area contributed by atoms with Gasteiger partial charge in [-0.1, -0.05) is 12.1 Å². The van der Waals surface area contributed by atoms with Gasteiger partial charge in [0.25, 0.3) is 11.8 Å². The number of hydrogen-bond acceptors (Lipinski definition) is 3. The number of hydrogen-bond donors (Lipinski definition) is 1. The SMILES string of the molecule is Cc1cc(N)cc(N2C(=O)c3ccccc3C2=O)c1. The smallest absolute Gasteiger partial charge is 0.266 e. The van der Waals surface area contributed by atoms with Crippen LogP contribution in [0.5, 0.6) is 0 Å². The quantitative estimate of drug-likeness (QED) is 0.626. The van der Waals surface area contributed by atoms with Crippen LogP contribution >= 0.6 is 0 Å². The number of benzene rings is 2. The van der Waals surface area contributed by atoms with Crippen molar-refractivity contribution < 1.29 is 9.59 Å². The number of carbonyl (C=O) groups excluding carboxylic acids is 2. The van der Waals surface area contributed by atoms with E-state index in [1.165, 1.54) is 4.90 Å². The first-order valence-corrected chi connectivity index (χ1v) is 5.93. The van der Waals surface area contributed by atoms with Crippen LogP contribution < -0.4 is 10.6 Å². The normalized spacial score (nSPS) is 13.8. The van der Waals surface area contributed by atoms with Gasteiger partial charge in [-0.3, -0.25) is 9.59 Å². The third-order valence-electron chi connectivity index (χ3n) is 3.14. The van der Waals surface area contributed by atoms with E-state index >= 15 is 0 Å². The zero-order valence-electron chi connectivity index (χ0n) is 10.4. The number of aryl methyl sites for hydroxylation is 1. The Labute approximate surface area is 110 Å². The van der Waals surface area contributed by atoms with Crippen molar-refractivity contribution in [2.45, 2.75) is 6.92 Å². The van der Waals surface area contributed by atoms with Crippen LogP contribution in [0, 0.1) is 6.92 Å². The van der Waals surface area contributed by atoms with Gasteiger partial charge in [0, 0.05) is 5.69 Å². The number of nitrogen functional groups attached to an aromatic ring is 1. The van der Waals surface area contributed by atoms with Gasteiger partial charge in [-0.2, -0.15) is 0 Å². The maximum Gasteiger partial charge on any atom is 0.266 e. The number of fused-ring (bicyclic) bond motifs is 1. The van der Waals surface area contributed by atoms with Crippen LogP contribution in [-0.2, 0) is 0 Å². The number of nitrogens with zero attached hydrogens (tertiary/aromatic N) is 1. The number of rotatable bonds is 1. The highest BCUT2D eigenvalue weighted by Crippen LogP contribution is 2.29. The van der Waals surface area contributed by atoms with Gasteiger partial charge in [0.05, 0.1) is 16.8 Å². The molecule has 2 aromatic carbocycles. The molecule has 0 saturated heterocycles. The van der Waals surface area contributed by atoms with Gasteiger partial charge >= 0.3 is 0 Å². The molecular weight excluding hydrogens is 240 g/mol. The van der Waals surface area contributed by atoms with Gasteiger partial charge in [0.2, 0.25) is 0 Å². The van der Waals surface area contributed by atoms with Gasteiger partial charge in [-0.25, -0.2) is 4.90 Å². The molecule has 0 aromatic heterocycles. The molecule has 0 atom stereocenters. The van der Waals surface area contributed by atoms with E-state index in [1.807, 2.05) is 6.92 Å². The fraction of sp³-hybridized carbons (Fsp3) is 0.0667. The lowest BCUT2D eigenvalue weighted by atomic mass is 10.1. The van der Waals surface area contributed by atoms with E-state index in [0.717, 1.165) is 5.56 Å². The van der Waals surface area contributed by atoms with Gasteiger partial charge < -0.3 is 5.73 Å². The Kier molecular flexibility index (Phi) is 2.38. The van der Waals surface area contributed by atoms with E-state index in [4.69, 9.17) is 5.73 Å². The fourth-order valence-corrected chi connectivity index (χ4v) is 2.34. The molecule has 94 valence electrons. The summed E-state index contributed by atoms with van der Waals surface area (Å²) < 4.78 is 0. The first kappa shape index (κ1) is 11.5. The van der Waals surface area contributed by atoms with Crippen LogP contribution in [0.4, 0.5) is 11.4 Å². The molecule has 1 heterocycles. The third kappa shape index (κ3) is 1.69. The minimum Gasteiger partial charge on any atom is -0.399 e. The van der Waals surface area contributed by atoms with Gasteiger partial charge in [-0.15, -0.1) is 0 Å². The van der Waals surface area contributed by atoms with Crippen molar-refractivity contribution in [3.05, 3.63) is 59.2 Å². The molecule has 1 aliphatic heterocycles. The van der Waals surface area contributed by atoms with Crippen molar-refractivity contribution in [3.63, 3.8) is 0 Å². The summed E-state index contributed by atoms with van der Waals surface area (Å²) >= 11 is 0. The van der Waals surface area contributed by atoms with E-state index in [-0.39, 0.29) is 11.8 Å². The monoisotopic (exact) mass is 252 g/mol. The van der Waals surface area contributed by atoms with Crippen molar-refractivity contribution in [1.29, 1.82) is 0 Å². The summed E-state index contributed by atoms with van der Waals surface area (Å²) in [5.41, 5.74) is 8.61. The average molecular weight is 252 g/mol. The highest BCUT2D eigenvalue weighted by atomic mass is 16.2. The van der Waals surface area contributed by atoms with Gasteiger partial charge in [0.1, 0.15) is 0 Å². The molecule has 2 aromatic rings.